The summed E-state index contributed by atoms with van der Waals surface area (Å²) in [5.74, 6) is 1.56. The van der Waals surface area contributed by atoms with Crippen molar-refractivity contribution in [2.24, 2.45) is 11.8 Å². The molecule has 1 saturated carbocycles. The monoisotopic (exact) mass is 286 g/mol. The highest BCUT2D eigenvalue weighted by Gasteiger charge is 2.24. The minimum atomic E-state index is 0.482. The molecule has 0 amide bonds. The van der Waals surface area contributed by atoms with E-state index in [1.54, 1.807) is 6.07 Å². The standard InChI is InChI=1S/C14H20Cl2N2/c1-8-3-4-10(5-9(8)2)18-14-7-12(16)11(15)6-13(14)17/h6-10,18H,3-5,17H2,1-2H3. The van der Waals surface area contributed by atoms with E-state index in [2.05, 4.69) is 19.2 Å². The summed E-state index contributed by atoms with van der Waals surface area (Å²) in [5, 5.41) is 4.55. The van der Waals surface area contributed by atoms with E-state index in [0.29, 0.717) is 21.8 Å². The molecule has 0 aromatic heterocycles. The highest BCUT2D eigenvalue weighted by atomic mass is 35.5. The van der Waals surface area contributed by atoms with Crippen LogP contribution in [0.4, 0.5) is 11.4 Å². The normalized spacial score (nSPS) is 28.1. The molecule has 0 bridgehead atoms. The molecule has 2 nitrogen and oxygen atoms in total. The minimum absolute atomic E-state index is 0.482. The van der Waals surface area contributed by atoms with Gasteiger partial charge in [0.05, 0.1) is 21.4 Å². The second-order valence-corrected chi connectivity index (χ2v) is 6.28. The predicted octanol–water partition coefficient (Wildman–Crippen LogP) is 4.81. The maximum atomic E-state index is 6.03. The molecule has 3 N–H and O–H groups in total. The molecule has 1 aliphatic carbocycles. The van der Waals surface area contributed by atoms with Gasteiger partial charge in [-0.1, -0.05) is 37.0 Å². The Bertz CT molecular complexity index is 434. The Labute approximate surface area is 119 Å². The van der Waals surface area contributed by atoms with E-state index in [0.717, 1.165) is 17.5 Å². The van der Waals surface area contributed by atoms with E-state index in [-0.39, 0.29) is 0 Å². The first kappa shape index (κ1) is 13.8. The first-order valence-corrected chi connectivity index (χ1v) is 7.24. The molecule has 3 atom stereocenters. The highest BCUT2D eigenvalue weighted by molar-refractivity contribution is 6.42. The zero-order chi connectivity index (χ0) is 13.3. The third-order valence-corrected chi connectivity index (χ3v) is 4.77. The van der Waals surface area contributed by atoms with Gasteiger partial charge in [-0.15, -0.1) is 0 Å². The van der Waals surface area contributed by atoms with Crippen LogP contribution in [0.5, 0.6) is 0 Å². The van der Waals surface area contributed by atoms with Gasteiger partial charge in [-0.05, 0) is 43.2 Å². The molecule has 18 heavy (non-hydrogen) atoms. The van der Waals surface area contributed by atoms with Crippen LogP contribution in [0.2, 0.25) is 10.0 Å². The summed E-state index contributed by atoms with van der Waals surface area (Å²) in [4.78, 5) is 0. The molecule has 100 valence electrons. The number of hydrogen-bond acceptors (Lipinski definition) is 2. The van der Waals surface area contributed by atoms with Crippen molar-refractivity contribution >= 4 is 34.6 Å². The molecule has 0 spiro atoms. The Morgan fingerprint density at radius 3 is 2.44 bits per heavy atom. The summed E-state index contributed by atoms with van der Waals surface area (Å²) in [6, 6.07) is 4.01. The summed E-state index contributed by atoms with van der Waals surface area (Å²) < 4.78 is 0. The zero-order valence-electron chi connectivity index (χ0n) is 10.8. The van der Waals surface area contributed by atoms with Gasteiger partial charge in [0.1, 0.15) is 0 Å². The maximum Gasteiger partial charge on any atom is 0.0614 e. The van der Waals surface area contributed by atoms with Crippen LogP contribution in [-0.4, -0.2) is 6.04 Å². The lowest BCUT2D eigenvalue weighted by atomic mass is 9.79. The molecule has 1 aliphatic rings. The summed E-state index contributed by atoms with van der Waals surface area (Å²) in [7, 11) is 0. The molecule has 0 radical (unpaired) electrons. The predicted molar refractivity (Wildman–Crippen MR) is 80.5 cm³/mol. The van der Waals surface area contributed by atoms with Gasteiger partial charge < -0.3 is 11.1 Å². The second-order valence-electron chi connectivity index (χ2n) is 5.46. The molecule has 0 heterocycles. The third-order valence-electron chi connectivity index (χ3n) is 4.05. The van der Waals surface area contributed by atoms with Crippen LogP contribution >= 0.6 is 23.2 Å². The van der Waals surface area contributed by atoms with Gasteiger partial charge >= 0.3 is 0 Å². The Balaban J connectivity index is 2.08. The fourth-order valence-electron chi connectivity index (χ4n) is 2.59. The Morgan fingerprint density at radius 1 is 1.11 bits per heavy atom. The fraction of sp³-hybridized carbons (Fsp3) is 0.571. The molecule has 3 unspecified atom stereocenters. The van der Waals surface area contributed by atoms with Gasteiger partial charge in [0.15, 0.2) is 0 Å². The highest BCUT2D eigenvalue weighted by Crippen LogP contribution is 2.35. The Hall–Kier alpha value is -0.600. The smallest absolute Gasteiger partial charge is 0.0614 e. The summed E-state index contributed by atoms with van der Waals surface area (Å²) in [6.07, 6.45) is 3.63. The number of hydrogen-bond donors (Lipinski definition) is 2. The van der Waals surface area contributed by atoms with E-state index < -0.39 is 0 Å². The number of halogens is 2. The molecule has 0 saturated heterocycles. The summed E-state index contributed by atoms with van der Waals surface area (Å²) >= 11 is 12.0. The number of anilines is 2. The van der Waals surface area contributed by atoms with Crippen molar-refractivity contribution in [1.82, 2.24) is 0 Å². The second kappa shape index (κ2) is 5.58. The van der Waals surface area contributed by atoms with Gasteiger partial charge in [0.2, 0.25) is 0 Å². The van der Waals surface area contributed by atoms with Crippen LogP contribution < -0.4 is 11.1 Å². The van der Waals surface area contributed by atoms with Crippen molar-refractivity contribution in [2.45, 2.75) is 39.2 Å². The lowest BCUT2D eigenvalue weighted by molar-refractivity contribution is 0.261. The maximum absolute atomic E-state index is 6.03. The summed E-state index contributed by atoms with van der Waals surface area (Å²) in [5.41, 5.74) is 7.53. The van der Waals surface area contributed by atoms with Gasteiger partial charge in [0.25, 0.3) is 0 Å². The van der Waals surface area contributed by atoms with E-state index in [1.807, 2.05) is 6.07 Å². The number of nitrogens with one attached hydrogen (secondary N) is 1. The van der Waals surface area contributed by atoms with Crippen molar-refractivity contribution in [1.29, 1.82) is 0 Å². The van der Waals surface area contributed by atoms with Gasteiger partial charge in [-0.2, -0.15) is 0 Å². The van der Waals surface area contributed by atoms with E-state index in [9.17, 15) is 0 Å². The largest absolute Gasteiger partial charge is 0.397 e. The van der Waals surface area contributed by atoms with Crippen LogP contribution in [0, 0.1) is 11.8 Å². The third kappa shape index (κ3) is 3.04. The molecule has 0 aliphatic heterocycles. The molecule has 2 rings (SSSR count). The average Bonchev–Trinajstić information content (AvgIpc) is 2.31. The van der Waals surface area contributed by atoms with Crippen LogP contribution in [0.25, 0.3) is 0 Å². The quantitative estimate of drug-likeness (QED) is 0.766. The fourth-order valence-corrected chi connectivity index (χ4v) is 2.92. The molecule has 1 aromatic carbocycles. The SMILES string of the molecule is CC1CCC(Nc2cc(Cl)c(Cl)cc2N)CC1C. The van der Waals surface area contributed by atoms with Crippen molar-refractivity contribution in [3.05, 3.63) is 22.2 Å². The number of nitrogens with two attached hydrogens (primary N) is 1. The molecular weight excluding hydrogens is 267 g/mol. The molecular formula is C14H20Cl2N2. The molecule has 4 heteroatoms. The van der Waals surface area contributed by atoms with Crippen LogP contribution in [0.3, 0.4) is 0 Å². The first-order valence-electron chi connectivity index (χ1n) is 6.48. The first-order chi connectivity index (χ1) is 8.47. The van der Waals surface area contributed by atoms with Crippen LogP contribution in [0.15, 0.2) is 12.1 Å². The van der Waals surface area contributed by atoms with Crippen LogP contribution in [-0.2, 0) is 0 Å². The zero-order valence-corrected chi connectivity index (χ0v) is 12.4. The number of nitrogen functional groups attached to an aromatic ring is 1. The lowest BCUT2D eigenvalue weighted by Gasteiger charge is -2.33. The minimum Gasteiger partial charge on any atom is -0.397 e. The van der Waals surface area contributed by atoms with Crippen LogP contribution in [0.1, 0.15) is 33.1 Å². The van der Waals surface area contributed by atoms with Gasteiger partial charge in [-0.25, -0.2) is 0 Å². The number of rotatable bonds is 2. The van der Waals surface area contributed by atoms with E-state index in [1.165, 1.54) is 19.3 Å². The average molecular weight is 287 g/mol. The van der Waals surface area contributed by atoms with E-state index in [4.69, 9.17) is 28.9 Å². The van der Waals surface area contributed by atoms with E-state index >= 15 is 0 Å². The Morgan fingerprint density at radius 2 is 1.78 bits per heavy atom. The lowest BCUT2D eigenvalue weighted by Crippen LogP contribution is -2.30. The van der Waals surface area contributed by atoms with Gasteiger partial charge in [-0.3, -0.25) is 0 Å². The topological polar surface area (TPSA) is 38.0 Å². The number of benzene rings is 1. The summed E-state index contributed by atoms with van der Waals surface area (Å²) in [6.45, 7) is 4.64. The van der Waals surface area contributed by atoms with Crippen molar-refractivity contribution in [2.75, 3.05) is 11.1 Å². The molecule has 1 aromatic rings. The van der Waals surface area contributed by atoms with Gasteiger partial charge in [0, 0.05) is 6.04 Å². The Kier molecular flexibility index (Phi) is 4.29. The van der Waals surface area contributed by atoms with Crippen molar-refractivity contribution in [3.8, 4) is 0 Å². The van der Waals surface area contributed by atoms with Crippen molar-refractivity contribution in [3.63, 3.8) is 0 Å². The van der Waals surface area contributed by atoms with Crippen molar-refractivity contribution < 1.29 is 0 Å². The molecule has 1 fully saturated rings.